The smallest absolute Gasteiger partial charge is 0.191 e. The lowest BCUT2D eigenvalue weighted by molar-refractivity contribution is 0.0203. The van der Waals surface area contributed by atoms with E-state index in [1.54, 1.807) is 19.2 Å². The summed E-state index contributed by atoms with van der Waals surface area (Å²) in [6.45, 7) is 6.16. The van der Waals surface area contributed by atoms with Gasteiger partial charge in [-0.1, -0.05) is 12.1 Å². The van der Waals surface area contributed by atoms with Crippen molar-refractivity contribution in [1.82, 2.24) is 10.6 Å². The minimum absolute atomic E-state index is 0. The number of aliphatic imine (C=N–C) groups is 1. The van der Waals surface area contributed by atoms with Crippen molar-refractivity contribution < 1.29 is 18.6 Å². The van der Waals surface area contributed by atoms with Crippen LogP contribution in [0.3, 0.4) is 0 Å². The van der Waals surface area contributed by atoms with Gasteiger partial charge in [-0.3, -0.25) is 4.99 Å². The zero-order chi connectivity index (χ0) is 21.1. The van der Waals surface area contributed by atoms with E-state index in [4.69, 9.17) is 14.2 Å². The SMILES string of the molecule is CN=C(NCCCOCC1CCOCC1)NCC1(c2cccc(F)c2)CCOCC1.I. The Hall–Kier alpha value is -0.970. The molecule has 31 heavy (non-hydrogen) atoms. The van der Waals surface area contributed by atoms with E-state index in [9.17, 15) is 4.39 Å². The van der Waals surface area contributed by atoms with E-state index in [2.05, 4.69) is 15.6 Å². The van der Waals surface area contributed by atoms with E-state index in [1.165, 1.54) is 6.07 Å². The van der Waals surface area contributed by atoms with Crippen LogP contribution >= 0.6 is 24.0 Å². The minimum atomic E-state index is -0.193. The van der Waals surface area contributed by atoms with Gasteiger partial charge in [-0.2, -0.15) is 0 Å². The Morgan fingerprint density at radius 2 is 1.90 bits per heavy atom. The molecule has 2 heterocycles. The number of nitrogens with one attached hydrogen (secondary N) is 2. The third-order valence-electron chi connectivity index (χ3n) is 6.16. The second-order valence-corrected chi connectivity index (χ2v) is 8.24. The average molecular weight is 549 g/mol. The van der Waals surface area contributed by atoms with Crippen molar-refractivity contribution in [2.24, 2.45) is 10.9 Å². The van der Waals surface area contributed by atoms with Gasteiger partial charge in [-0.05, 0) is 55.7 Å². The third kappa shape index (κ3) is 8.47. The van der Waals surface area contributed by atoms with Crippen LogP contribution < -0.4 is 10.6 Å². The van der Waals surface area contributed by atoms with Gasteiger partial charge in [0.1, 0.15) is 5.82 Å². The Balaban J connectivity index is 0.00000341. The van der Waals surface area contributed by atoms with Gasteiger partial charge in [-0.15, -0.1) is 24.0 Å². The maximum absolute atomic E-state index is 13.8. The molecule has 1 aromatic rings. The first-order valence-corrected chi connectivity index (χ1v) is 11.2. The number of guanidine groups is 1. The van der Waals surface area contributed by atoms with Gasteiger partial charge in [0.25, 0.3) is 0 Å². The predicted molar refractivity (Wildman–Crippen MR) is 132 cm³/mol. The summed E-state index contributed by atoms with van der Waals surface area (Å²) in [5.74, 6) is 1.21. The summed E-state index contributed by atoms with van der Waals surface area (Å²) in [6.07, 6.45) is 4.85. The Bertz CT molecular complexity index is 665. The van der Waals surface area contributed by atoms with Crippen LogP contribution in [0.25, 0.3) is 0 Å². The molecular formula is C23H37FIN3O3. The third-order valence-corrected chi connectivity index (χ3v) is 6.16. The van der Waals surface area contributed by atoms with Crippen molar-refractivity contribution in [1.29, 1.82) is 0 Å². The van der Waals surface area contributed by atoms with Crippen LogP contribution in [-0.2, 0) is 19.6 Å². The molecule has 2 aliphatic rings. The first kappa shape index (κ1) is 26.3. The average Bonchev–Trinajstić information content (AvgIpc) is 2.79. The Kier molecular flexibility index (Phi) is 12.1. The summed E-state index contributed by atoms with van der Waals surface area (Å²) in [4.78, 5) is 4.34. The maximum atomic E-state index is 13.8. The molecule has 2 aliphatic heterocycles. The van der Waals surface area contributed by atoms with Gasteiger partial charge < -0.3 is 24.8 Å². The van der Waals surface area contributed by atoms with Gasteiger partial charge in [0, 0.05) is 65.2 Å². The van der Waals surface area contributed by atoms with Gasteiger partial charge in [0.05, 0.1) is 0 Å². The largest absolute Gasteiger partial charge is 0.381 e. The highest BCUT2D eigenvalue weighted by Crippen LogP contribution is 2.34. The molecule has 0 amide bonds. The maximum Gasteiger partial charge on any atom is 0.191 e. The zero-order valence-corrected chi connectivity index (χ0v) is 20.9. The zero-order valence-electron chi connectivity index (χ0n) is 18.5. The highest BCUT2D eigenvalue weighted by Gasteiger charge is 2.34. The molecule has 0 atom stereocenters. The molecule has 1 aromatic carbocycles. The number of ether oxygens (including phenoxy) is 3. The fourth-order valence-electron chi connectivity index (χ4n) is 4.17. The van der Waals surface area contributed by atoms with Crippen LogP contribution in [0.4, 0.5) is 4.39 Å². The van der Waals surface area contributed by atoms with Crippen molar-refractivity contribution in [3.8, 4) is 0 Å². The molecule has 6 nitrogen and oxygen atoms in total. The Morgan fingerprint density at radius 3 is 2.61 bits per heavy atom. The van der Waals surface area contributed by atoms with Gasteiger partial charge >= 0.3 is 0 Å². The van der Waals surface area contributed by atoms with Crippen LogP contribution in [0.5, 0.6) is 0 Å². The molecule has 3 rings (SSSR count). The number of hydrogen-bond donors (Lipinski definition) is 2. The molecule has 2 fully saturated rings. The molecular weight excluding hydrogens is 512 g/mol. The van der Waals surface area contributed by atoms with Crippen molar-refractivity contribution in [2.75, 3.05) is 59.8 Å². The summed E-state index contributed by atoms with van der Waals surface area (Å²) < 4.78 is 30.6. The molecule has 0 bridgehead atoms. The van der Waals surface area contributed by atoms with E-state index < -0.39 is 0 Å². The van der Waals surface area contributed by atoms with Gasteiger partial charge in [0.15, 0.2) is 5.96 Å². The molecule has 0 aliphatic carbocycles. The lowest BCUT2D eigenvalue weighted by Crippen LogP contribution is -2.48. The van der Waals surface area contributed by atoms with E-state index in [0.29, 0.717) is 25.7 Å². The number of halogens is 2. The quantitative estimate of drug-likeness (QED) is 0.214. The van der Waals surface area contributed by atoms with E-state index in [-0.39, 0.29) is 35.2 Å². The van der Waals surface area contributed by atoms with Gasteiger partial charge in [-0.25, -0.2) is 4.39 Å². The lowest BCUT2D eigenvalue weighted by atomic mass is 9.74. The number of benzene rings is 1. The monoisotopic (exact) mass is 549 g/mol. The molecule has 2 N–H and O–H groups in total. The predicted octanol–water partition coefficient (Wildman–Crippen LogP) is 3.49. The van der Waals surface area contributed by atoms with E-state index in [0.717, 1.165) is 76.6 Å². The fraction of sp³-hybridized carbons (Fsp3) is 0.696. The fourth-order valence-corrected chi connectivity index (χ4v) is 4.17. The summed E-state index contributed by atoms with van der Waals surface area (Å²) in [5.41, 5.74) is 0.875. The normalized spacial score (nSPS) is 19.5. The highest BCUT2D eigenvalue weighted by molar-refractivity contribution is 14.0. The van der Waals surface area contributed by atoms with Crippen molar-refractivity contribution in [3.63, 3.8) is 0 Å². The second-order valence-electron chi connectivity index (χ2n) is 8.24. The summed E-state index contributed by atoms with van der Waals surface area (Å²) in [5, 5.41) is 6.81. The van der Waals surface area contributed by atoms with Crippen LogP contribution in [0, 0.1) is 11.7 Å². The number of nitrogens with zero attached hydrogens (tertiary/aromatic N) is 1. The molecule has 0 saturated carbocycles. The Labute approximate surface area is 202 Å². The van der Waals surface area contributed by atoms with Crippen LogP contribution in [-0.4, -0.2) is 65.7 Å². The summed E-state index contributed by atoms with van der Waals surface area (Å²) in [7, 11) is 1.77. The standard InChI is InChI=1S/C23H36FN3O3.HI/c1-25-22(26-10-3-11-30-17-19-6-12-28-13-7-19)27-18-23(8-14-29-15-9-23)20-4-2-5-21(24)16-20;/h2,4-5,16,19H,3,6-15,17-18H2,1H3,(H2,25,26,27);1H. The molecule has 0 unspecified atom stereocenters. The summed E-state index contributed by atoms with van der Waals surface area (Å²) >= 11 is 0. The molecule has 8 heteroatoms. The van der Waals surface area contributed by atoms with Crippen molar-refractivity contribution in [3.05, 3.63) is 35.6 Å². The van der Waals surface area contributed by atoms with Crippen LogP contribution in [0.2, 0.25) is 0 Å². The van der Waals surface area contributed by atoms with Crippen molar-refractivity contribution in [2.45, 2.75) is 37.5 Å². The van der Waals surface area contributed by atoms with Gasteiger partial charge in [0.2, 0.25) is 0 Å². The number of rotatable bonds is 9. The van der Waals surface area contributed by atoms with Crippen LogP contribution in [0.15, 0.2) is 29.3 Å². The Morgan fingerprint density at radius 1 is 1.16 bits per heavy atom. The minimum Gasteiger partial charge on any atom is -0.381 e. The van der Waals surface area contributed by atoms with Crippen molar-refractivity contribution >= 4 is 29.9 Å². The molecule has 0 radical (unpaired) electrons. The van der Waals surface area contributed by atoms with E-state index in [1.807, 2.05) is 6.07 Å². The second kappa shape index (κ2) is 14.2. The topological polar surface area (TPSA) is 64.1 Å². The van der Waals surface area contributed by atoms with E-state index >= 15 is 0 Å². The first-order valence-electron chi connectivity index (χ1n) is 11.2. The summed E-state index contributed by atoms with van der Waals surface area (Å²) in [6, 6.07) is 6.95. The lowest BCUT2D eigenvalue weighted by Gasteiger charge is -2.38. The van der Waals surface area contributed by atoms with Crippen LogP contribution in [0.1, 0.15) is 37.7 Å². The highest BCUT2D eigenvalue weighted by atomic mass is 127. The number of hydrogen-bond acceptors (Lipinski definition) is 4. The molecule has 176 valence electrons. The molecule has 0 spiro atoms. The first-order chi connectivity index (χ1) is 14.7. The molecule has 0 aromatic heterocycles. The molecule has 2 saturated heterocycles.